The van der Waals surface area contributed by atoms with E-state index in [9.17, 15) is 4.79 Å². The van der Waals surface area contributed by atoms with Crippen molar-refractivity contribution in [2.75, 3.05) is 5.33 Å². The monoisotopic (exact) mass is 249 g/mol. The third-order valence-corrected chi connectivity index (χ3v) is 2.77. The largest absolute Gasteiger partial charge is 0.461 e. The molecule has 3 nitrogen and oxygen atoms in total. The lowest BCUT2D eigenvalue weighted by molar-refractivity contribution is -0.150. The lowest BCUT2D eigenvalue weighted by Crippen LogP contribution is -2.34. The Labute approximate surface area is 87.1 Å². The first-order valence-corrected chi connectivity index (χ1v) is 5.88. The standard InChI is InChI=1S/C9H16BrNO2/c10-6-5-8(11)9(12)13-7-3-1-2-4-7/h7-8H,1-6,11H2/t8-/m0/s1. The van der Waals surface area contributed by atoms with E-state index in [0.29, 0.717) is 6.42 Å². The molecule has 13 heavy (non-hydrogen) atoms. The zero-order valence-electron chi connectivity index (χ0n) is 7.67. The molecule has 0 spiro atoms. The summed E-state index contributed by atoms with van der Waals surface area (Å²) in [6.07, 6.45) is 5.14. The van der Waals surface area contributed by atoms with Gasteiger partial charge < -0.3 is 10.5 Å². The third-order valence-electron chi connectivity index (χ3n) is 2.31. The molecule has 0 radical (unpaired) electrons. The Morgan fingerprint density at radius 1 is 1.54 bits per heavy atom. The highest BCUT2D eigenvalue weighted by atomic mass is 79.9. The summed E-state index contributed by atoms with van der Waals surface area (Å²) in [5.74, 6) is -0.244. The van der Waals surface area contributed by atoms with Gasteiger partial charge in [-0.25, -0.2) is 0 Å². The molecular formula is C9H16BrNO2. The summed E-state index contributed by atoms with van der Waals surface area (Å²) < 4.78 is 5.24. The van der Waals surface area contributed by atoms with Crippen LogP contribution in [0.2, 0.25) is 0 Å². The maximum absolute atomic E-state index is 11.3. The molecule has 76 valence electrons. The van der Waals surface area contributed by atoms with Crippen LogP contribution in [0.1, 0.15) is 32.1 Å². The van der Waals surface area contributed by atoms with Gasteiger partial charge in [-0.3, -0.25) is 4.79 Å². The smallest absolute Gasteiger partial charge is 0.323 e. The Balaban J connectivity index is 2.22. The van der Waals surface area contributed by atoms with Gasteiger partial charge in [0.05, 0.1) is 0 Å². The van der Waals surface area contributed by atoms with Crippen molar-refractivity contribution in [3.8, 4) is 0 Å². The van der Waals surface area contributed by atoms with Crippen LogP contribution in [0, 0.1) is 0 Å². The Morgan fingerprint density at radius 3 is 2.69 bits per heavy atom. The number of hydrogen-bond acceptors (Lipinski definition) is 3. The second-order valence-corrected chi connectivity index (χ2v) is 4.22. The fourth-order valence-corrected chi connectivity index (χ4v) is 1.99. The highest BCUT2D eigenvalue weighted by Crippen LogP contribution is 2.21. The van der Waals surface area contributed by atoms with Gasteiger partial charge in [0.1, 0.15) is 12.1 Å². The van der Waals surface area contributed by atoms with Gasteiger partial charge in [0, 0.05) is 5.33 Å². The van der Waals surface area contributed by atoms with Gasteiger partial charge in [0.15, 0.2) is 0 Å². The average Bonchev–Trinajstić information content (AvgIpc) is 2.57. The summed E-state index contributed by atoms with van der Waals surface area (Å²) in [6, 6.07) is -0.458. The van der Waals surface area contributed by atoms with Crippen LogP contribution < -0.4 is 5.73 Å². The highest BCUT2D eigenvalue weighted by Gasteiger charge is 2.22. The van der Waals surface area contributed by atoms with Crippen LogP contribution in [0.25, 0.3) is 0 Å². The van der Waals surface area contributed by atoms with E-state index in [0.717, 1.165) is 18.2 Å². The van der Waals surface area contributed by atoms with Gasteiger partial charge in [-0.1, -0.05) is 15.9 Å². The first-order valence-electron chi connectivity index (χ1n) is 4.76. The Kier molecular flexibility index (Phi) is 4.73. The van der Waals surface area contributed by atoms with Crippen LogP contribution >= 0.6 is 15.9 Å². The molecule has 0 aromatic carbocycles. The first kappa shape index (κ1) is 11.0. The molecule has 4 heteroatoms. The highest BCUT2D eigenvalue weighted by molar-refractivity contribution is 9.09. The number of nitrogens with two attached hydrogens (primary N) is 1. The molecule has 0 aliphatic heterocycles. The average molecular weight is 250 g/mol. The molecule has 0 heterocycles. The zero-order chi connectivity index (χ0) is 9.68. The number of carbonyl (C=O) groups excluding carboxylic acids is 1. The van der Waals surface area contributed by atoms with Crippen LogP contribution in [-0.4, -0.2) is 23.4 Å². The van der Waals surface area contributed by atoms with E-state index in [-0.39, 0.29) is 12.1 Å². The number of esters is 1. The molecule has 0 unspecified atom stereocenters. The van der Waals surface area contributed by atoms with Gasteiger partial charge in [-0.2, -0.15) is 0 Å². The van der Waals surface area contributed by atoms with Crippen LogP contribution in [0.5, 0.6) is 0 Å². The van der Waals surface area contributed by atoms with Crippen molar-refractivity contribution in [2.24, 2.45) is 5.73 Å². The predicted octanol–water partition coefficient (Wildman–Crippen LogP) is 1.58. The van der Waals surface area contributed by atoms with E-state index in [1.165, 1.54) is 12.8 Å². The van der Waals surface area contributed by atoms with Crippen molar-refractivity contribution < 1.29 is 9.53 Å². The molecule has 1 aliphatic carbocycles. The number of rotatable bonds is 4. The molecule has 1 fully saturated rings. The fourth-order valence-electron chi connectivity index (χ4n) is 1.49. The zero-order valence-corrected chi connectivity index (χ0v) is 9.26. The van der Waals surface area contributed by atoms with E-state index in [4.69, 9.17) is 10.5 Å². The van der Waals surface area contributed by atoms with Gasteiger partial charge in [0.2, 0.25) is 0 Å². The van der Waals surface area contributed by atoms with E-state index in [1.807, 2.05) is 0 Å². The van der Waals surface area contributed by atoms with Crippen molar-refractivity contribution in [2.45, 2.75) is 44.2 Å². The maximum Gasteiger partial charge on any atom is 0.323 e. The molecule has 1 saturated carbocycles. The van der Waals surface area contributed by atoms with Crippen molar-refractivity contribution in [3.05, 3.63) is 0 Å². The van der Waals surface area contributed by atoms with Gasteiger partial charge >= 0.3 is 5.97 Å². The number of carbonyl (C=O) groups is 1. The number of ether oxygens (including phenoxy) is 1. The molecular weight excluding hydrogens is 234 g/mol. The lowest BCUT2D eigenvalue weighted by atomic mass is 10.2. The number of hydrogen-bond donors (Lipinski definition) is 1. The quantitative estimate of drug-likeness (QED) is 0.608. The summed E-state index contributed by atoms with van der Waals surface area (Å²) in [4.78, 5) is 11.3. The second-order valence-electron chi connectivity index (χ2n) is 3.43. The maximum atomic E-state index is 11.3. The molecule has 0 aromatic rings. The minimum atomic E-state index is -0.458. The molecule has 0 bridgehead atoms. The molecule has 1 rings (SSSR count). The van der Waals surface area contributed by atoms with E-state index >= 15 is 0 Å². The Bertz CT molecular complexity index is 169. The van der Waals surface area contributed by atoms with E-state index in [1.54, 1.807) is 0 Å². The minimum Gasteiger partial charge on any atom is -0.461 e. The summed E-state index contributed by atoms with van der Waals surface area (Å²) >= 11 is 3.24. The van der Waals surface area contributed by atoms with Crippen molar-refractivity contribution >= 4 is 21.9 Å². The molecule has 0 saturated heterocycles. The molecule has 2 N–H and O–H groups in total. The minimum absolute atomic E-state index is 0.133. The normalized spacial score (nSPS) is 20.2. The fraction of sp³-hybridized carbons (Fsp3) is 0.889. The van der Waals surface area contributed by atoms with Gasteiger partial charge in [-0.15, -0.1) is 0 Å². The first-order chi connectivity index (χ1) is 6.24. The lowest BCUT2D eigenvalue weighted by Gasteiger charge is -2.14. The number of alkyl halides is 1. The Morgan fingerprint density at radius 2 is 2.15 bits per heavy atom. The van der Waals surface area contributed by atoms with Crippen LogP contribution in [-0.2, 0) is 9.53 Å². The predicted molar refractivity (Wildman–Crippen MR) is 54.7 cm³/mol. The van der Waals surface area contributed by atoms with Crippen molar-refractivity contribution in [1.29, 1.82) is 0 Å². The van der Waals surface area contributed by atoms with Crippen LogP contribution in [0.15, 0.2) is 0 Å². The summed E-state index contributed by atoms with van der Waals surface area (Å²) in [7, 11) is 0. The van der Waals surface area contributed by atoms with Crippen LogP contribution in [0.4, 0.5) is 0 Å². The molecule has 1 aliphatic rings. The summed E-state index contributed by atoms with van der Waals surface area (Å²) in [5.41, 5.74) is 5.60. The third kappa shape index (κ3) is 3.65. The van der Waals surface area contributed by atoms with Gasteiger partial charge in [-0.05, 0) is 32.1 Å². The van der Waals surface area contributed by atoms with Gasteiger partial charge in [0.25, 0.3) is 0 Å². The number of halogens is 1. The molecule has 1 atom stereocenters. The SMILES string of the molecule is N[C@@H](CCBr)C(=O)OC1CCCC1. The molecule has 0 amide bonds. The van der Waals surface area contributed by atoms with Crippen molar-refractivity contribution in [3.63, 3.8) is 0 Å². The van der Waals surface area contributed by atoms with E-state index < -0.39 is 6.04 Å². The summed E-state index contributed by atoms with van der Waals surface area (Å²) in [5, 5.41) is 0.744. The van der Waals surface area contributed by atoms with Crippen molar-refractivity contribution in [1.82, 2.24) is 0 Å². The van der Waals surface area contributed by atoms with Crippen LogP contribution in [0.3, 0.4) is 0 Å². The van der Waals surface area contributed by atoms with E-state index in [2.05, 4.69) is 15.9 Å². The topological polar surface area (TPSA) is 52.3 Å². The Hall–Kier alpha value is -0.0900. The molecule has 0 aromatic heterocycles. The second kappa shape index (κ2) is 5.60. The summed E-state index contributed by atoms with van der Waals surface area (Å²) in [6.45, 7) is 0.